The van der Waals surface area contributed by atoms with Crippen LogP contribution in [-0.4, -0.2) is 47.7 Å². The molecule has 2 aromatic carbocycles. The number of nitrogens with one attached hydrogen (secondary N) is 1. The third-order valence-electron chi connectivity index (χ3n) is 6.17. The van der Waals surface area contributed by atoms with Gasteiger partial charge in [-0.05, 0) is 42.7 Å². The van der Waals surface area contributed by atoms with Crippen molar-refractivity contribution in [3.63, 3.8) is 0 Å². The summed E-state index contributed by atoms with van der Waals surface area (Å²) in [6.07, 6.45) is 4.63. The molecular weight excluding hydrogens is 348 g/mol. The van der Waals surface area contributed by atoms with E-state index in [2.05, 4.69) is 70.9 Å². The molecule has 2 saturated carbocycles. The minimum absolute atomic E-state index is 0.185. The van der Waals surface area contributed by atoms with E-state index in [-0.39, 0.29) is 6.54 Å². The molecule has 2 aliphatic carbocycles. The molecule has 148 valence electrons. The summed E-state index contributed by atoms with van der Waals surface area (Å²) in [5.74, 6) is 0.361. The Morgan fingerprint density at radius 3 is 2.07 bits per heavy atom. The molecule has 0 saturated heterocycles. The Balaban J connectivity index is 1.33. The van der Waals surface area contributed by atoms with Crippen LogP contribution in [0.2, 0.25) is 0 Å². The van der Waals surface area contributed by atoms with Gasteiger partial charge in [-0.25, -0.2) is 0 Å². The predicted molar refractivity (Wildman–Crippen MR) is 111 cm³/mol. The third kappa shape index (κ3) is 5.00. The maximum absolute atomic E-state index is 11.2. The first-order chi connectivity index (χ1) is 13.7. The Bertz CT molecular complexity index is 715. The van der Waals surface area contributed by atoms with Gasteiger partial charge in [0.05, 0.1) is 6.54 Å². The number of hydrogen-bond donors (Lipinski definition) is 2. The average Bonchev–Trinajstić information content (AvgIpc) is 3.48. The zero-order valence-corrected chi connectivity index (χ0v) is 16.3. The first kappa shape index (κ1) is 19.2. The molecule has 0 spiro atoms. The lowest BCUT2D eigenvalue weighted by molar-refractivity contribution is -0.139. The minimum atomic E-state index is -0.703. The average molecular weight is 379 g/mol. The molecule has 4 heteroatoms. The molecule has 0 heterocycles. The van der Waals surface area contributed by atoms with E-state index < -0.39 is 5.97 Å². The zero-order valence-electron chi connectivity index (χ0n) is 16.3. The number of aliphatic carboxylic acids is 1. The summed E-state index contributed by atoms with van der Waals surface area (Å²) in [6, 6.07) is 22.2. The molecule has 0 radical (unpaired) electrons. The molecule has 4 nitrogen and oxygen atoms in total. The molecule has 2 aliphatic rings. The van der Waals surface area contributed by atoms with Gasteiger partial charge in [0.15, 0.2) is 0 Å². The number of benzene rings is 2. The summed E-state index contributed by atoms with van der Waals surface area (Å²) >= 11 is 0. The van der Waals surface area contributed by atoms with E-state index in [1.165, 1.54) is 24.0 Å². The number of carboxylic acids is 1. The number of rotatable bonds is 10. The molecule has 0 amide bonds. The second kappa shape index (κ2) is 8.89. The summed E-state index contributed by atoms with van der Waals surface area (Å²) in [5, 5.41) is 13.0. The molecule has 2 aromatic rings. The van der Waals surface area contributed by atoms with Gasteiger partial charge in [0.1, 0.15) is 0 Å². The Morgan fingerprint density at radius 1 is 1.00 bits per heavy atom. The second-order valence-corrected chi connectivity index (χ2v) is 8.37. The van der Waals surface area contributed by atoms with Crippen LogP contribution in [0.1, 0.15) is 42.7 Å². The van der Waals surface area contributed by atoms with Crippen molar-refractivity contribution in [3.05, 3.63) is 71.8 Å². The van der Waals surface area contributed by atoms with Gasteiger partial charge in [-0.3, -0.25) is 9.69 Å². The van der Waals surface area contributed by atoms with Gasteiger partial charge in [-0.1, -0.05) is 60.7 Å². The zero-order chi connectivity index (χ0) is 19.3. The quantitative estimate of drug-likeness (QED) is 0.661. The van der Waals surface area contributed by atoms with E-state index in [0.29, 0.717) is 18.0 Å². The largest absolute Gasteiger partial charge is 0.480 e. The van der Waals surface area contributed by atoms with Crippen molar-refractivity contribution in [2.24, 2.45) is 5.92 Å². The van der Waals surface area contributed by atoms with Crippen LogP contribution < -0.4 is 5.32 Å². The third-order valence-corrected chi connectivity index (χ3v) is 6.17. The Hall–Kier alpha value is -2.17. The number of nitrogens with zero attached hydrogens (tertiary/aromatic N) is 1. The fraction of sp³-hybridized carbons (Fsp3) is 0.458. The van der Waals surface area contributed by atoms with Gasteiger partial charge in [0, 0.05) is 31.1 Å². The van der Waals surface area contributed by atoms with Crippen LogP contribution in [-0.2, 0) is 4.79 Å². The molecule has 28 heavy (non-hydrogen) atoms. The molecule has 2 N–H and O–H groups in total. The van der Waals surface area contributed by atoms with E-state index in [9.17, 15) is 9.90 Å². The highest BCUT2D eigenvalue weighted by atomic mass is 16.4. The van der Waals surface area contributed by atoms with Crippen LogP contribution in [0.25, 0.3) is 0 Å². The lowest BCUT2D eigenvalue weighted by atomic mass is 9.84. The van der Waals surface area contributed by atoms with Gasteiger partial charge in [0.2, 0.25) is 0 Å². The van der Waals surface area contributed by atoms with Crippen molar-refractivity contribution in [2.45, 2.75) is 43.7 Å². The lowest BCUT2D eigenvalue weighted by Crippen LogP contribution is -2.54. The Labute approximate surface area is 167 Å². The fourth-order valence-electron chi connectivity index (χ4n) is 4.28. The van der Waals surface area contributed by atoms with E-state index >= 15 is 0 Å². The highest BCUT2D eigenvalue weighted by Crippen LogP contribution is 2.34. The Kier molecular flexibility index (Phi) is 6.08. The summed E-state index contributed by atoms with van der Waals surface area (Å²) in [5.41, 5.74) is 2.66. The second-order valence-electron chi connectivity index (χ2n) is 8.37. The van der Waals surface area contributed by atoms with Crippen LogP contribution in [0.5, 0.6) is 0 Å². The standard InChI is InChI=1S/C24H30N2O2/c27-24(28)17-26(16-18-11-12-18)22-13-21(14-22)25-15-23(19-7-3-1-4-8-19)20-9-5-2-6-10-20/h1-10,18,21-23,25H,11-17H2,(H,27,28). The van der Waals surface area contributed by atoms with Gasteiger partial charge in [-0.2, -0.15) is 0 Å². The molecule has 2 fully saturated rings. The van der Waals surface area contributed by atoms with Gasteiger partial charge in [-0.15, -0.1) is 0 Å². The topological polar surface area (TPSA) is 52.6 Å². The fourth-order valence-corrected chi connectivity index (χ4v) is 4.28. The molecule has 4 rings (SSSR count). The maximum atomic E-state index is 11.2. The van der Waals surface area contributed by atoms with Crippen LogP contribution in [0.4, 0.5) is 0 Å². The van der Waals surface area contributed by atoms with Crippen molar-refractivity contribution < 1.29 is 9.90 Å². The molecule has 0 aromatic heterocycles. The first-order valence-electron chi connectivity index (χ1n) is 10.5. The van der Waals surface area contributed by atoms with Crippen LogP contribution in [0, 0.1) is 5.92 Å². The summed E-state index contributed by atoms with van der Waals surface area (Å²) in [7, 11) is 0. The van der Waals surface area contributed by atoms with Gasteiger partial charge in [0.25, 0.3) is 0 Å². The van der Waals surface area contributed by atoms with Crippen molar-refractivity contribution in [2.75, 3.05) is 19.6 Å². The van der Waals surface area contributed by atoms with E-state index in [4.69, 9.17) is 0 Å². The first-order valence-corrected chi connectivity index (χ1v) is 10.5. The van der Waals surface area contributed by atoms with Crippen molar-refractivity contribution >= 4 is 5.97 Å². The van der Waals surface area contributed by atoms with Gasteiger partial charge >= 0.3 is 5.97 Å². The summed E-state index contributed by atoms with van der Waals surface area (Å²) < 4.78 is 0. The van der Waals surface area contributed by atoms with Crippen molar-refractivity contribution in [1.29, 1.82) is 0 Å². The van der Waals surface area contributed by atoms with E-state index in [1.54, 1.807) is 0 Å². The predicted octanol–water partition coefficient (Wildman–Crippen LogP) is 3.74. The monoisotopic (exact) mass is 378 g/mol. The highest BCUT2D eigenvalue weighted by Gasteiger charge is 2.37. The maximum Gasteiger partial charge on any atom is 0.317 e. The SMILES string of the molecule is O=C(O)CN(CC1CC1)C1CC(NCC(c2ccccc2)c2ccccc2)C1. The van der Waals surface area contributed by atoms with E-state index in [1.807, 2.05) is 0 Å². The highest BCUT2D eigenvalue weighted by molar-refractivity contribution is 5.69. The van der Waals surface area contributed by atoms with Crippen LogP contribution >= 0.6 is 0 Å². The lowest BCUT2D eigenvalue weighted by Gasteiger charge is -2.43. The number of carbonyl (C=O) groups is 1. The molecule has 0 unspecified atom stereocenters. The molecular formula is C24H30N2O2. The molecule has 0 atom stereocenters. The summed E-state index contributed by atoms with van der Waals surface area (Å²) in [4.78, 5) is 13.4. The van der Waals surface area contributed by atoms with Crippen LogP contribution in [0.15, 0.2) is 60.7 Å². The normalized spacial score (nSPS) is 21.6. The minimum Gasteiger partial charge on any atom is -0.480 e. The number of carboxylic acid groups (broad SMARTS) is 1. The smallest absolute Gasteiger partial charge is 0.317 e. The number of hydrogen-bond acceptors (Lipinski definition) is 3. The van der Waals surface area contributed by atoms with E-state index in [0.717, 1.165) is 31.8 Å². The van der Waals surface area contributed by atoms with Crippen molar-refractivity contribution in [3.8, 4) is 0 Å². The molecule has 0 bridgehead atoms. The Morgan fingerprint density at radius 2 is 1.57 bits per heavy atom. The summed E-state index contributed by atoms with van der Waals surface area (Å²) in [6.45, 7) is 2.05. The molecule has 0 aliphatic heterocycles. The van der Waals surface area contributed by atoms with Gasteiger partial charge < -0.3 is 10.4 Å². The van der Waals surface area contributed by atoms with Crippen molar-refractivity contribution in [1.82, 2.24) is 10.2 Å². The van der Waals surface area contributed by atoms with Crippen LogP contribution in [0.3, 0.4) is 0 Å².